The van der Waals surface area contributed by atoms with E-state index < -0.39 is 17.9 Å². The lowest BCUT2D eigenvalue weighted by molar-refractivity contribution is -0.141. The third-order valence-electron chi connectivity index (χ3n) is 10.3. The Balaban J connectivity index is 1.03. The molecule has 6 rings (SSSR count). The van der Waals surface area contributed by atoms with E-state index in [0.717, 1.165) is 85.0 Å². The van der Waals surface area contributed by atoms with Crippen LogP contribution in [-0.2, 0) is 30.2 Å². The van der Waals surface area contributed by atoms with Crippen LogP contribution in [0.15, 0.2) is 132 Å². The molecule has 0 amide bonds. The number of ether oxygens (including phenoxy) is 6. The van der Waals surface area contributed by atoms with Crippen LogP contribution in [0.2, 0.25) is 0 Å². The maximum Gasteiger partial charge on any atom is 0.343 e. The summed E-state index contributed by atoms with van der Waals surface area (Å²) < 4.78 is 33.2. The van der Waals surface area contributed by atoms with E-state index >= 15 is 0 Å². The number of anilines is 1. The highest BCUT2D eigenvalue weighted by molar-refractivity contribution is 7.14. The number of hydrogen-bond donors (Lipinski definition) is 1. The number of esters is 4. The Labute approximate surface area is 394 Å². The monoisotopic (exact) mass is 925 g/mol. The van der Waals surface area contributed by atoms with E-state index in [2.05, 4.69) is 41.4 Å². The van der Waals surface area contributed by atoms with Crippen molar-refractivity contribution in [3.05, 3.63) is 149 Å². The summed E-state index contributed by atoms with van der Waals surface area (Å²) in [5.41, 5.74) is 6.92. The van der Waals surface area contributed by atoms with Crippen LogP contribution in [0, 0.1) is 0 Å². The summed E-state index contributed by atoms with van der Waals surface area (Å²) in [5.74, 6) is -0.115. The molecule has 0 atom stereocenters. The van der Waals surface area contributed by atoms with Crippen LogP contribution >= 0.6 is 11.3 Å². The number of carbonyl (C=O) groups is 4. The molecule has 0 aliphatic rings. The number of nitrogens with zero attached hydrogens (tertiary/aromatic N) is 2. The molecule has 0 aliphatic heterocycles. The van der Waals surface area contributed by atoms with Crippen LogP contribution in [0.3, 0.4) is 0 Å². The van der Waals surface area contributed by atoms with Crippen LogP contribution < -0.4 is 19.6 Å². The molecule has 6 aromatic rings. The second-order valence-corrected chi connectivity index (χ2v) is 16.3. The first-order valence-electron chi connectivity index (χ1n) is 22.4. The highest BCUT2D eigenvalue weighted by Crippen LogP contribution is 2.28. The van der Waals surface area contributed by atoms with Crippen molar-refractivity contribution in [2.24, 2.45) is 5.10 Å². The van der Waals surface area contributed by atoms with Crippen molar-refractivity contribution in [1.29, 1.82) is 0 Å². The van der Waals surface area contributed by atoms with Gasteiger partial charge in [0.05, 0.1) is 56.1 Å². The van der Waals surface area contributed by atoms with Gasteiger partial charge < -0.3 is 28.4 Å². The highest BCUT2D eigenvalue weighted by Gasteiger charge is 2.14. The summed E-state index contributed by atoms with van der Waals surface area (Å²) in [6, 6.07) is 33.3. The number of hydrogen-bond acceptors (Lipinski definition) is 14. The van der Waals surface area contributed by atoms with Crippen molar-refractivity contribution in [2.75, 3.05) is 38.5 Å². The van der Waals surface area contributed by atoms with Crippen LogP contribution in [0.4, 0.5) is 5.13 Å². The fourth-order valence-corrected chi connectivity index (χ4v) is 7.40. The van der Waals surface area contributed by atoms with Crippen LogP contribution in [0.1, 0.15) is 90.1 Å². The Morgan fingerprint density at radius 3 is 1.94 bits per heavy atom. The molecule has 348 valence electrons. The SMILES string of the molecule is C=CC(=O)OCCCCCCOc1ccc(C(=O)Oc2ccc(CCOC(=O)c3ccc(OCCCCCCOC(C)=O)cc3)cc2/C=N/Nc2nc(-c3ccc4ccccc4c3)cs2)cc1. The number of carbonyl (C=O) groups excluding carboxylic acids is 4. The van der Waals surface area contributed by atoms with Crippen molar-refractivity contribution < 1.29 is 47.6 Å². The smallest absolute Gasteiger partial charge is 0.343 e. The Morgan fingerprint density at radius 1 is 0.657 bits per heavy atom. The Morgan fingerprint density at radius 2 is 1.28 bits per heavy atom. The second-order valence-electron chi connectivity index (χ2n) is 15.4. The molecule has 0 aliphatic carbocycles. The number of nitrogens with one attached hydrogen (secondary N) is 1. The number of benzene rings is 5. The summed E-state index contributed by atoms with van der Waals surface area (Å²) in [6.45, 7) is 6.77. The maximum atomic E-state index is 13.4. The predicted molar refractivity (Wildman–Crippen MR) is 260 cm³/mol. The molecule has 0 bridgehead atoms. The van der Waals surface area contributed by atoms with Gasteiger partial charge in [0.2, 0.25) is 5.13 Å². The molecule has 1 aromatic heterocycles. The van der Waals surface area contributed by atoms with Crippen molar-refractivity contribution in [3.63, 3.8) is 0 Å². The number of aromatic nitrogens is 1. The van der Waals surface area contributed by atoms with Crippen molar-refractivity contribution in [1.82, 2.24) is 4.98 Å². The lowest BCUT2D eigenvalue weighted by Gasteiger charge is -2.11. The summed E-state index contributed by atoms with van der Waals surface area (Å²) >= 11 is 1.42. The lowest BCUT2D eigenvalue weighted by Crippen LogP contribution is -2.11. The van der Waals surface area contributed by atoms with Gasteiger partial charge in [-0.15, -0.1) is 11.3 Å². The maximum absolute atomic E-state index is 13.4. The minimum absolute atomic E-state index is 0.112. The van der Waals surface area contributed by atoms with E-state index in [0.29, 0.717) is 66.2 Å². The Hall–Kier alpha value is -7.32. The second kappa shape index (κ2) is 26.6. The third-order valence-corrected chi connectivity index (χ3v) is 11.1. The zero-order chi connectivity index (χ0) is 47.1. The summed E-state index contributed by atoms with van der Waals surface area (Å²) in [6.07, 6.45) is 10.1. The molecule has 1 heterocycles. The fourth-order valence-electron chi connectivity index (χ4n) is 6.73. The first kappa shape index (κ1) is 49.1. The molecule has 0 fully saturated rings. The van der Waals surface area contributed by atoms with E-state index in [9.17, 15) is 19.2 Å². The molecule has 0 radical (unpaired) electrons. The molecular formula is C53H55N3O10S. The number of fused-ring (bicyclic) bond motifs is 1. The van der Waals surface area contributed by atoms with Crippen LogP contribution in [0.5, 0.6) is 17.2 Å². The molecule has 1 N–H and O–H groups in total. The van der Waals surface area contributed by atoms with Gasteiger partial charge in [-0.3, -0.25) is 10.2 Å². The Bertz CT molecular complexity index is 2590. The van der Waals surface area contributed by atoms with Gasteiger partial charge in [0.15, 0.2) is 0 Å². The minimum Gasteiger partial charge on any atom is -0.494 e. The summed E-state index contributed by atoms with van der Waals surface area (Å²) in [5, 5.41) is 9.28. The van der Waals surface area contributed by atoms with Gasteiger partial charge in [-0.25, -0.2) is 19.4 Å². The molecule has 67 heavy (non-hydrogen) atoms. The van der Waals surface area contributed by atoms with Crippen LogP contribution in [0.25, 0.3) is 22.0 Å². The molecule has 0 spiro atoms. The first-order chi connectivity index (χ1) is 32.7. The minimum atomic E-state index is -0.558. The Kier molecular flexibility index (Phi) is 19.5. The summed E-state index contributed by atoms with van der Waals surface area (Å²) in [4.78, 5) is 53.1. The zero-order valence-electron chi connectivity index (χ0n) is 37.6. The molecule has 0 saturated heterocycles. The molecular weight excluding hydrogens is 871 g/mol. The van der Waals surface area contributed by atoms with E-state index in [1.807, 2.05) is 35.7 Å². The summed E-state index contributed by atoms with van der Waals surface area (Å²) in [7, 11) is 0. The molecule has 13 nitrogen and oxygen atoms in total. The first-order valence-corrected chi connectivity index (χ1v) is 23.3. The van der Waals surface area contributed by atoms with Crippen molar-refractivity contribution in [2.45, 2.75) is 64.7 Å². The number of hydrazone groups is 1. The quantitative estimate of drug-likeness (QED) is 0.00991. The van der Waals surface area contributed by atoms with E-state index in [1.165, 1.54) is 18.3 Å². The van der Waals surface area contributed by atoms with Crippen molar-refractivity contribution in [3.8, 4) is 28.5 Å². The average molecular weight is 926 g/mol. The van der Waals surface area contributed by atoms with Crippen molar-refractivity contribution >= 4 is 57.3 Å². The molecule has 0 unspecified atom stereocenters. The number of unbranched alkanes of at least 4 members (excludes halogenated alkanes) is 6. The predicted octanol–water partition coefficient (Wildman–Crippen LogP) is 11.2. The standard InChI is InChI=1S/C53H55N3O10S/c1-3-50(58)64-32-13-7-6-12-31-63-47-25-21-42(22-26-47)52(60)66-49-27-16-39(28-33-65-51(59)41-19-23-46(24-20-41)62-30-11-5-4-10-29-61-38(2)57)34-45(49)36-54-56-53-55-48(37-67-53)44-18-17-40-14-8-9-15-43(40)35-44/h3,8-9,14-27,34-37H,1,4-7,10-13,28-33H2,2H3,(H,55,56)/b54-36+. The van der Waals surface area contributed by atoms with Gasteiger partial charge in [-0.1, -0.05) is 49.0 Å². The molecule has 14 heteroatoms. The number of thiazole rings is 1. The normalized spacial score (nSPS) is 10.9. The van der Waals surface area contributed by atoms with E-state index in [1.54, 1.807) is 60.8 Å². The van der Waals surface area contributed by atoms with Gasteiger partial charge in [0.25, 0.3) is 0 Å². The van der Waals surface area contributed by atoms with Gasteiger partial charge in [-0.2, -0.15) is 5.10 Å². The molecule has 5 aromatic carbocycles. The highest BCUT2D eigenvalue weighted by atomic mass is 32.1. The fraction of sp³-hybridized carbons (Fsp3) is 0.283. The zero-order valence-corrected chi connectivity index (χ0v) is 38.4. The van der Waals surface area contributed by atoms with Gasteiger partial charge >= 0.3 is 23.9 Å². The van der Waals surface area contributed by atoms with Gasteiger partial charge in [0, 0.05) is 35.9 Å². The van der Waals surface area contributed by atoms with E-state index in [-0.39, 0.29) is 18.3 Å². The lowest BCUT2D eigenvalue weighted by atomic mass is 10.1. The largest absolute Gasteiger partial charge is 0.494 e. The average Bonchev–Trinajstić information content (AvgIpc) is 3.82. The topological polar surface area (TPSA) is 161 Å². The van der Waals surface area contributed by atoms with Crippen LogP contribution in [-0.4, -0.2) is 68.1 Å². The van der Waals surface area contributed by atoms with Gasteiger partial charge in [0.1, 0.15) is 17.2 Å². The van der Waals surface area contributed by atoms with E-state index in [4.69, 9.17) is 33.4 Å². The van der Waals surface area contributed by atoms with Gasteiger partial charge in [-0.05, 0) is 134 Å². The third kappa shape index (κ3) is 16.6. The molecule has 0 saturated carbocycles. The number of rotatable bonds is 27.